The summed E-state index contributed by atoms with van der Waals surface area (Å²) < 4.78 is 0.928. The molecule has 1 fully saturated rings. The molecule has 0 unspecified atom stereocenters. The van der Waals surface area contributed by atoms with Crippen LogP contribution in [0.25, 0.3) is 0 Å². The van der Waals surface area contributed by atoms with Gasteiger partial charge in [0.1, 0.15) is 0 Å². The number of nitro groups is 1. The highest BCUT2D eigenvalue weighted by Crippen LogP contribution is 2.32. The normalized spacial score (nSPS) is 18.7. The van der Waals surface area contributed by atoms with E-state index in [-0.39, 0.29) is 16.1 Å². The van der Waals surface area contributed by atoms with Crippen molar-refractivity contribution in [3.05, 3.63) is 31.9 Å². The third-order valence-electron chi connectivity index (χ3n) is 3.23. The fraction of sp³-hybridized carbons (Fsp3) is 0.500. The third-order valence-corrected chi connectivity index (χ3v) is 4.10. The molecule has 0 atom stereocenters. The van der Waals surface area contributed by atoms with Crippen LogP contribution in [-0.2, 0) is 0 Å². The van der Waals surface area contributed by atoms with Crippen LogP contribution in [0.2, 0.25) is 0 Å². The number of non-ortho nitro benzene ring substituents is 1. The van der Waals surface area contributed by atoms with Crippen molar-refractivity contribution in [2.24, 2.45) is 0 Å². The van der Waals surface area contributed by atoms with Gasteiger partial charge in [0.2, 0.25) is 0 Å². The SMILES string of the molecule is CC1(C)CNCCN1c1ccc([N+](=O)[O-])cc1I. The van der Waals surface area contributed by atoms with Crippen molar-refractivity contribution in [3.63, 3.8) is 0 Å². The zero-order valence-electron chi connectivity index (χ0n) is 10.4. The second kappa shape index (κ2) is 5.00. The van der Waals surface area contributed by atoms with Crippen LogP contribution in [0.15, 0.2) is 18.2 Å². The van der Waals surface area contributed by atoms with Gasteiger partial charge in [0.15, 0.2) is 0 Å². The van der Waals surface area contributed by atoms with Gasteiger partial charge in [-0.1, -0.05) is 0 Å². The number of halogens is 1. The highest BCUT2D eigenvalue weighted by atomic mass is 127. The van der Waals surface area contributed by atoms with Crippen LogP contribution in [0.5, 0.6) is 0 Å². The topological polar surface area (TPSA) is 58.4 Å². The van der Waals surface area contributed by atoms with E-state index >= 15 is 0 Å². The molecule has 1 heterocycles. The fourth-order valence-electron chi connectivity index (χ4n) is 2.26. The minimum Gasteiger partial charge on any atom is -0.363 e. The molecule has 2 rings (SSSR count). The predicted molar refractivity (Wildman–Crippen MR) is 80.1 cm³/mol. The highest BCUT2D eigenvalue weighted by Gasteiger charge is 2.31. The van der Waals surface area contributed by atoms with E-state index in [4.69, 9.17) is 0 Å². The average molecular weight is 361 g/mol. The summed E-state index contributed by atoms with van der Waals surface area (Å²) in [6, 6.07) is 5.07. The molecule has 5 nitrogen and oxygen atoms in total. The van der Waals surface area contributed by atoms with E-state index in [1.54, 1.807) is 12.1 Å². The summed E-state index contributed by atoms with van der Waals surface area (Å²) in [5.74, 6) is 0. The van der Waals surface area contributed by atoms with Crippen LogP contribution in [-0.4, -0.2) is 30.1 Å². The molecular weight excluding hydrogens is 345 g/mol. The number of nitrogens with zero attached hydrogens (tertiary/aromatic N) is 2. The van der Waals surface area contributed by atoms with Gasteiger partial charge in [-0.05, 0) is 42.5 Å². The first-order chi connectivity index (χ1) is 8.42. The predicted octanol–water partition coefficient (Wildman–Crippen LogP) is 2.39. The molecule has 0 amide bonds. The molecular formula is C12H16IN3O2. The number of hydrogen-bond acceptors (Lipinski definition) is 4. The minimum atomic E-state index is -0.352. The molecule has 0 aromatic heterocycles. The molecule has 1 N–H and O–H groups in total. The monoisotopic (exact) mass is 361 g/mol. The number of hydrogen-bond donors (Lipinski definition) is 1. The molecule has 1 aromatic carbocycles. The van der Waals surface area contributed by atoms with Crippen molar-refractivity contribution < 1.29 is 4.92 Å². The summed E-state index contributed by atoms with van der Waals surface area (Å²) >= 11 is 2.17. The van der Waals surface area contributed by atoms with Gasteiger partial charge in [-0.3, -0.25) is 10.1 Å². The van der Waals surface area contributed by atoms with Crippen LogP contribution < -0.4 is 10.2 Å². The Bertz CT molecular complexity index is 476. The number of benzene rings is 1. The molecule has 1 saturated heterocycles. The van der Waals surface area contributed by atoms with Crippen molar-refractivity contribution in [2.45, 2.75) is 19.4 Å². The third kappa shape index (κ3) is 2.59. The Labute approximate surface area is 120 Å². The zero-order chi connectivity index (χ0) is 13.3. The van der Waals surface area contributed by atoms with E-state index in [1.165, 1.54) is 0 Å². The van der Waals surface area contributed by atoms with Crippen LogP contribution in [0.4, 0.5) is 11.4 Å². The van der Waals surface area contributed by atoms with E-state index < -0.39 is 0 Å². The van der Waals surface area contributed by atoms with Crippen LogP contribution in [0, 0.1) is 13.7 Å². The lowest BCUT2D eigenvalue weighted by Gasteiger charge is -2.44. The Morgan fingerprint density at radius 3 is 2.78 bits per heavy atom. The molecule has 98 valence electrons. The number of anilines is 1. The van der Waals surface area contributed by atoms with Gasteiger partial charge >= 0.3 is 0 Å². The molecule has 0 spiro atoms. The lowest BCUT2D eigenvalue weighted by molar-refractivity contribution is -0.384. The van der Waals surface area contributed by atoms with Crippen molar-refractivity contribution >= 4 is 34.0 Å². The first-order valence-corrected chi connectivity index (χ1v) is 6.92. The van der Waals surface area contributed by atoms with Crippen molar-refractivity contribution in [3.8, 4) is 0 Å². The van der Waals surface area contributed by atoms with Gasteiger partial charge < -0.3 is 10.2 Å². The molecule has 1 aliphatic heterocycles. The van der Waals surface area contributed by atoms with Gasteiger partial charge in [0.05, 0.1) is 10.6 Å². The Morgan fingerprint density at radius 2 is 2.22 bits per heavy atom. The summed E-state index contributed by atoms with van der Waals surface area (Å²) in [6.07, 6.45) is 0. The number of rotatable bonds is 2. The smallest absolute Gasteiger partial charge is 0.270 e. The van der Waals surface area contributed by atoms with Gasteiger partial charge in [0, 0.05) is 40.9 Å². The van der Waals surface area contributed by atoms with Crippen LogP contribution in [0.1, 0.15) is 13.8 Å². The fourth-order valence-corrected chi connectivity index (χ4v) is 3.05. The Balaban J connectivity index is 2.36. The largest absolute Gasteiger partial charge is 0.363 e. The van der Waals surface area contributed by atoms with E-state index in [0.29, 0.717) is 0 Å². The van der Waals surface area contributed by atoms with E-state index in [1.807, 2.05) is 6.07 Å². The average Bonchev–Trinajstić information content (AvgIpc) is 2.29. The summed E-state index contributed by atoms with van der Waals surface area (Å²) in [5, 5.41) is 14.1. The first-order valence-electron chi connectivity index (χ1n) is 5.84. The zero-order valence-corrected chi connectivity index (χ0v) is 12.6. The van der Waals surface area contributed by atoms with Crippen molar-refractivity contribution in [1.29, 1.82) is 0 Å². The molecule has 1 aromatic rings. The van der Waals surface area contributed by atoms with Crippen molar-refractivity contribution in [1.82, 2.24) is 5.32 Å². The van der Waals surface area contributed by atoms with Crippen molar-refractivity contribution in [2.75, 3.05) is 24.5 Å². The second-order valence-electron chi connectivity index (χ2n) is 5.03. The Hall–Kier alpha value is -0.890. The Morgan fingerprint density at radius 1 is 1.50 bits per heavy atom. The van der Waals surface area contributed by atoms with Gasteiger partial charge in [0.25, 0.3) is 5.69 Å². The number of piperazine rings is 1. The van der Waals surface area contributed by atoms with Crippen LogP contribution in [0.3, 0.4) is 0 Å². The van der Waals surface area contributed by atoms with Gasteiger partial charge in [-0.25, -0.2) is 0 Å². The quantitative estimate of drug-likeness (QED) is 0.499. The second-order valence-corrected chi connectivity index (χ2v) is 6.20. The molecule has 0 aliphatic carbocycles. The highest BCUT2D eigenvalue weighted by molar-refractivity contribution is 14.1. The maximum absolute atomic E-state index is 10.7. The molecule has 1 aliphatic rings. The summed E-state index contributed by atoms with van der Waals surface area (Å²) in [4.78, 5) is 12.7. The Kier molecular flexibility index (Phi) is 3.76. The number of nitrogens with one attached hydrogen (secondary N) is 1. The standard InChI is InChI=1S/C12H16IN3O2/c1-12(2)8-14-5-6-15(12)11-4-3-9(16(17)18)7-10(11)13/h3-4,7,14H,5-6,8H2,1-2H3. The number of nitro benzene ring substituents is 1. The summed E-state index contributed by atoms with van der Waals surface area (Å²) in [7, 11) is 0. The van der Waals surface area contributed by atoms with Crippen LogP contribution >= 0.6 is 22.6 Å². The minimum absolute atomic E-state index is 0.0221. The van der Waals surface area contributed by atoms with E-state index in [2.05, 4.69) is 46.7 Å². The molecule has 0 saturated carbocycles. The molecule has 0 bridgehead atoms. The van der Waals surface area contributed by atoms with E-state index in [0.717, 1.165) is 28.9 Å². The summed E-state index contributed by atoms with van der Waals surface area (Å²) in [5.41, 5.74) is 1.25. The van der Waals surface area contributed by atoms with E-state index in [9.17, 15) is 10.1 Å². The maximum atomic E-state index is 10.7. The lowest BCUT2D eigenvalue weighted by Crippen LogP contribution is -2.58. The molecule has 18 heavy (non-hydrogen) atoms. The maximum Gasteiger partial charge on any atom is 0.270 e. The van der Waals surface area contributed by atoms with Gasteiger partial charge in [-0.2, -0.15) is 0 Å². The summed E-state index contributed by atoms with van der Waals surface area (Å²) in [6.45, 7) is 7.13. The first kappa shape index (κ1) is 13.5. The lowest BCUT2D eigenvalue weighted by atomic mass is 9.99. The molecule has 0 radical (unpaired) electrons. The van der Waals surface area contributed by atoms with Gasteiger partial charge in [-0.15, -0.1) is 0 Å². The molecule has 6 heteroatoms.